The van der Waals surface area contributed by atoms with Gasteiger partial charge in [0.1, 0.15) is 11.6 Å². The van der Waals surface area contributed by atoms with Crippen LogP contribution in [0.25, 0.3) is 0 Å². The van der Waals surface area contributed by atoms with Crippen LogP contribution in [0.15, 0.2) is 52.0 Å². The fraction of sp³-hybridized carbons (Fsp3) is 0.333. The summed E-state index contributed by atoms with van der Waals surface area (Å²) in [6, 6.07) is 11.9. The minimum atomic E-state index is -0.309. The highest BCUT2D eigenvalue weighted by molar-refractivity contribution is 9.10. The fourth-order valence-corrected chi connectivity index (χ4v) is 2.78. The summed E-state index contributed by atoms with van der Waals surface area (Å²) in [5, 5.41) is 3.86. The summed E-state index contributed by atoms with van der Waals surface area (Å²) in [4.78, 5) is 11.8. The molecule has 0 unspecified atom stereocenters. The van der Waals surface area contributed by atoms with Gasteiger partial charge in [0, 0.05) is 6.42 Å². The number of halogens is 2. The molecule has 0 aliphatic heterocycles. The molecule has 0 bridgehead atoms. The molecule has 0 atom stereocenters. The van der Waals surface area contributed by atoms with E-state index in [9.17, 15) is 9.18 Å². The Bertz CT molecular complexity index is 799. The molecule has 27 heavy (non-hydrogen) atoms. The highest BCUT2D eigenvalue weighted by Gasteiger charge is 2.15. The third-order valence-electron chi connectivity index (χ3n) is 3.88. The Kier molecular flexibility index (Phi) is 7.54. The number of benzene rings is 2. The molecule has 0 radical (unpaired) electrons. The summed E-state index contributed by atoms with van der Waals surface area (Å²) in [6.07, 6.45) is 2.35. The van der Waals surface area contributed by atoms with Gasteiger partial charge in [-0.3, -0.25) is 4.79 Å². The van der Waals surface area contributed by atoms with Gasteiger partial charge in [-0.25, -0.2) is 9.82 Å². The van der Waals surface area contributed by atoms with Gasteiger partial charge in [0.2, 0.25) is 5.91 Å². The number of rotatable bonds is 7. The number of ether oxygens (including phenoxy) is 1. The molecule has 144 valence electrons. The topological polar surface area (TPSA) is 50.7 Å². The first kappa shape index (κ1) is 21.1. The summed E-state index contributed by atoms with van der Waals surface area (Å²) >= 11 is 3.53. The van der Waals surface area contributed by atoms with Crippen LogP contribution >= 0.6 is 15.9 Å². The van der Waals surface area contributed by atoms with Crippen LogP contribution in [0.1, 0.15) is 44.7 Å². The van der Waals surface area contributed by atoms with Gasteiger partial charge in [-0.05, 0) is 63.2 Å². The molecule has 0 saturated carbocycles. The van der Waals surface area contributed by atoms with Crippen LogP contribution in [0, 0.1) is 5.82 Å². The number of carbonyl (C=O) groups is 1. The number of amides is 1. The number of nitrogens with zero attached hydrogens (tertiary/aromatic N) is 1. The second kappa shape index (κ2) is 9.65. The molecule has 6 heteroatoms. The van der Waals surface area contributed by atoms with E-state index >= 15 is 0 Å². The molecule has 0 aliphatic carbocycles. The summed E-state index contributed by atoms with van der Waals surface area (Å²) in [5.74, 6) is 0.257. The average Bonchev–Trinajstić information content (AvgIpc) is 2.60. The fourth-order valence-electron chi connectivity index (χ4n) is 2.28. The van der Waals surface area contributed by atoms with Gasteiger partial charge in [-0.2, -0.15) is 5.10 Å². The monoisotopic (exact) mass is 434 g/mol. The van der Waals surface area contributed by atoms with Crippen LogP contribution in [0.4, 0.5) is 4.39 Å². The first-order chi connectivity index (χ1) is 12.8. The zero-order chi connectivity index (χ0) is 19.9. The Morgan fingerprint density at radius 3 is 2.56 bits per heavy atom. The van der Waals surface area contributed by atoms with Crippen molar-refractivity contribution in [2.45, 2.75) is 39.0 Å². The minimum absolute atomic E-state index is 0.0770. The molecule has 4 nitrogen and oxygen atoms in total. The van der Waals surface area contributed by atoms with Gasteiger partial charge < -0.3 is 4.74 Å². The molecule has 0 fully saturated rings. The van der Waals surface area contributed by atoms with E-state index in [-0.39, 0.29) is 17.1 Å². The minimum Gasteiger partial charge on any atom is -0.492 e. The predicted octanol–water partition coefficient (Wildman–Crippen LogP) is 5.20. The van der Waals surface area contributed by atoms with Crippen LogP contribution in [-0.2, 0) is 10.2 Å². The first-order valence-corrected chi connectivity index (χ1v) is 9.55. The molecular weight excluding hydrogens is 411 g/mol. The van der Waals surface area contributed by atoms with Gasteiger partial charge in [0.25, 0.3) is 0 Å². The maximum atomic E-state index is 12.8. The highest BCUT2D eigenvalue weighted by atomic mass is 79.9. The molecule has 2 aromatic rings. The Labute approximate surface area is 167 Å². The van der Waals surface area contributed by atoms with Crippen molar-refractivity contribution in [3.63, 3.8) is 0 Å². The van der Waals surface area contributed by atoms with Crippen molar-refractivity contribution in [3.8, 4) is 5.75 Å². The Morgan fingerprint density at radius 2 is 1.93 bits per heavy atom. The van der Waals surface area contributed by atoms with Crippen LogP contribution in [0.5, 0.6) is 5.75 Å². The predicted molar refractivity (Wildman–Crippen MR) is 110 cm³/mol. The zero-order valence-electron chi connectivity index (χ0n) is 15.8. The molecule has 0 aliphatic rings. The van der Waals surface area contributed by atoms with Gasteiger partial charge in [-0.1, -0.05) is 39.0 Å². The third kappa shape index (κ3) is 7.13. The van der Waals surface area contributed by atoms with E-state index in [0.29, 0.717) is 25.0 Å². The van der Waals surface area contributed by atoms with Crippen LogP contribution in [0.2, 0.25) is 0 Å². The van der Waals surface area contributed by atoms with E-state index in [2.05, 4.69) is 59.4 Å². The van der Waals surface area contributed by atoms with E-state index in [1.54, 1.807) is 12.1 Å². The van der Waals surface area contributed by atoms with Gasteiger partial charge in [-0.15, -0.1) is 0 Å². The molecule has 2 rings (SSSR count). The van der Waals surface area contributed by atoms with E-state index < -0.39 is 0 Å². The lowest BCUT2D eigenvalue weighted by molar-refractivity contribution is -0.121. The zero-order valence-corrected chi connectivity index (χ0v) is 17.3. The van der Waals surface area contributed by atoms with Crippen molar-refractivity contribution < 1.29 is 13.9 Å². The average molecular weight is 435 g/mol. The Balaban J connectivity index is 1.72. The van der Waals surface area contributed by atoms with Gasteiger partial charge >= 0.3 is 0 Å². The molecule has 0 heterocycles. The van der Waals surface area contributed by atoms with Crippen molar-refractivity contribution in [3.05, 3.63) is 63.9 Å². The van der Waals surface area contributed by atoms with Crippen LogP contribution in [-0.4, -0.2) is 18.7 Å². The van der Waals surface area contributed by atoms with Crippen molar-refractivity contribution in [2.75, 3.05) is 6.61 Å². The van der Waals surface area contributed by atoms with Crippen LogP contribution < -0.4 is 10.2 Å². The number of hydrogen-bond acceptors (Lipinski definition) is 3. The van der Waals surface area contributed by atoms with Crippen molar-refractivity contribution in [1.29, 1.82) is 0 Å². The molecule has 2 aromatic carbocycles. The molecule has 1 amide bonds. The lowest BCUT2D eigenvalue weighted by atomic mass is 9.87. The second-order valence-electron chi connectivity index (χ2n) is 7.19. The SMILES string of the molecule is CC(C)(C)c1ccc(OCCCC(=O)N/N=C/c2ccc(F)cc2)c(Br)c1. The molecule has 0 spiro atoms. The molecule has 1 N–H and O–H groups in total. The lowest BCUT2D eigenvalue weighted by Gasteiger charge is -2.20. The van der Waals surface area contributed by atoms with Crippen LogP contribution in [0.3, 0.4) is 0 Å². The van der Waals surface area contributed by atoms with E-state index in [4.69, 9.17) is 4.74 Å². The summed E-state index contributed by atoms with van der Waals surface area (Å²) in [6.45, 7) is 6.91. The second-order valence-corrected chi connectivity index (χ2v) is 8.05. The first-order valence-electron chi connectivity index (χ1n) is 8.76. The van der Waals surface area contributed by atoms with E-state index in [1.807, 2.05) is 6.07 Å². The summed E-state index contributed by atoms with van der Waals surface area (Å²) in [7, 11) is 0. The van der Waals surface area contributed by atoms with Gasteiger partial charge in [0.15, 0.2) is 0 Å². The van der Waals surface area contributed by atoms with Crippen molar-refractivity contribution in [2.24, 2.45) is 5.10 Å². The lowest BCUT2D eigenvalue weighted by Crippen LogP contribution is -2.18. The quantitative estimate of drug-likeness (QED) is 0.370. The van der Waals surface area contributed by atoms with Gasteiger partial charge in [0.05, 0.1) is 17.3 Å². The summed E-state index contributed by atoms with van der Waals surface area (Å²) < 4.78 is 19.4. The third-order valence-corrected chi connectivity index (χ3v) is 4.50. The molecule has 0 aromatic heterocycles. The maximum Gasteiger partial charge on any atom is 0.240 e. The van der Waals surface area contributed by atoms with E-state index in [1.165, 1.54) is 23.9 Å². The Morgan fingerprint density at radius 1 is 1.22 bits per heavy atom. The summed E-state index contributed by atoms with van der Waals surface area (Å²) in [5.41, 5.74) is 4.46. The number of nitrogens with one attached hydrogen (secondary N) is 1. The number of hydrazone groups is 1. The number of carbonyl (C=O) groups excluding carboxylic acids is 1. The highest BCUT2D eigenvalue weighted by Crippen LogP contribution is 2.31. The smallest absolute Gasteiger partial charge is 0.240 e. The maximum absolute atomic E-state index is 12.8. The van der Waals surface area contributed by atoms with Crippen molar-refractivity contribution in [1.82, 2.24) is 5.43 Å². The number of hydrogen-bond donors (Lipinski definition) is 1. The standard InChI is InChI=1S/C21H24BrFN2O2/c1-21(2,3)16-8-11-19(18(22)13-16)27-12-4-5-20(26)25-24-14-15-6-9-17(23)10-7-15/h6-11,13-14H,4-5,12H2,1-3H3,(H,25,26)/b24-14+. The van der Waals surface area contributed by atoms with E-state index in [0.717, 1.165) is 10.2 Å². The normalized spacial score (nSPS) is 11.6. The largest absolute Gasteiger partial charge is 0.492 e. The Hall–Kier alpha value is -2.21. The molecular formula is C21H24BrFN2O2. The molecule has 0 saturated heterocycles. The van der Waals surface area contributed by atoms with Crippen molar-refractivity contribution >= 4 is 28.1 Å².